The van der Waals surface area contributed by atoms with Crippen molar-refractivity contribution in [3.8, 4) is 0 Å². The van der Waals surface area contributed by atoms with Gasteiger partial charge in [0.15, 0.2) is 0 Å². The Morgan fingerprint density at radius 3 is 2.84 bits per heavy atom. The Hall–Kier alpha value is -1.26. The Morgan fingerprint density at radius 2 is 2.16 bits per heavy atom. The predicted octanol–water partition coefficient (Wildman–Crippen LogP) is 1.77. The Bertz CT molecular complexity index is 520. The summed E-state index contributed by atoms with van der Waals surface area (Å²) >= 11 is 5.84. The average molecular weight is 281 g/mol. The fourth-order valence-corrected chi connectivity index (χ4v) is 3.48. The molecule has 0 aromatic heterocycles. The van der Waals surface area contributed by atoms with Gasteiger partial charge in [-0.15, -0.1) is 0 Å². The van der Waals surface area contributed by atoms with Gasteiger partial charge in [0.1, 0.15) is 0 Å². The zero-order chi connectivity index (χ0) is 13.6. The summed E-state index contributed by atoms with van der Waals surface area (Å²) in [6.07, 6.45) is 1.61. The molecule has 1 saturated carbocycles. The largest absolute Gasteiger partial charge is 0.398 e. The van der Waals surface area contributed by atoms with E-state index < -0.39 is 0 Å². The molecular weight excluding hydrogens is 264 g/mol. The van der Waals surface area contributed by atoms with E-state index in [4.69, 9.17) is 17.3 Å². The van der Waals surface area contributed by atoms with Crippen molar-refractivity contribution in [2.24, 2.45) is 11.8 Å². The molecule has 3 unspecified atom stereocenters. The van der Waals surface area contributed by atoms with Crippen LogP contribution < -0.4 is 5.73 Å². The number of benzene rings is 1. The molecule has 0 radical (unpaired) electrons. The second-order valence-electron chi connectivity index (χ2n) is 5.51. The minimum absolute atomic E-state index is 0.0595. The molecule has 3 rings (SSSR count). The molecule has 1 aromatic rings. The van der Waals surface area contributed by atoms with E-state index in [0.29, 0.717) is 28.7 Å². The molecule has 2 fully saturated rings. The number of aliphatic hydroxyl groups excluding tert-OH is 1. The Morgan fingerprint density at radius 1 is 1.37 bits per heavy atom. The summed E-state index contributed by atoms with van der Waals surface area (Å²) in [7, 11) is 0. The minimum Gasteiger partial charge on any atom is -0.398 e. The molecule has 0 spiro atoms. The SMILES string of the molecule is Nc1cc(Cl)ccc1C(=O)N1CC2CCC(O)C2C1. The van der Waals surface area contributed by atoms with Crippen LogP contribution in [0.1, 0.15) is 23.2 Å². The number of carbonyl (C=O) groups is 1. The monoisotopic (exact) mass is 280 g/mol. The molecule has 1 heterocycles. The molecule has 3 N–H and O–H groups in total. The number of fused-ring (bicyclic) bond motifs is 1. The lowest BCUT2D eigenvalue weighted by Gasteiger charge is -2.19. The van der Waals surface area contributed by atoms with E-state index in [9.17, 15) is 9.90 Å². The van der Waals surface area contributed by atoms with Crippen LogP contribution >= 0.6 is 11.6 Å². The van der Waals surface area contributed by atoms with Crippen LogP contribution in [0.2, 0.25) is 5.02 Å². The second-order valence-corrected chi connectivity index (χ2v) is 5.95. The van der Waals surface area contributed by atoms with Gasteiger partial charge in [-0.2, -0.15) is 0 Å². The van der Waals surface area contributed by atoms with Gasteiger partial charge in [-0.1, -0.05) is 11.6 Å². The lowest BCUT2D eigenvalue weighted by molar-refractivity contribution is 0.0753. The van der Waals surface area contributed by atoms with Crippen molar-refractivity contribution in [1.82, 2.24) is 4.90 Å². The molecule has 1 saturated heterocycles. The van der Waals surface area contributed by atoms with Crippen LogP contribution in [0.25, 0.3) is 0 Å². The number of nitrogens with two attached hydrogens (primary N) is 1. The second kappa shape index (κ2) is 4.69. The van der Waals surface area contributed by atoms with Gasteiger partial charge in [-0.05, 0) is 37.0 Å². The normalized spacial score (nSPS) is 29.6. The van der Waals surface area contributed by atoms with Crippen molar-refractivity contribution in [2.75, 3.05) is 18.8 Å². The average Bonchev–Trinajstić information content (AvgIpc) is 2.91. The minimum atomic E-state index is -0.259. The van der Waals surface area contributed by atoms with E-state index in [2.05, 4.69) is 0 Å². The quantitative estimate of drug-likeness (QED) is 0.771. The first-order chi connectivity index (χ1) is 9.06. The predicted molar refractivity (Wildman–Crippen MR) is 74.0 cm³/mol. The lowest BCUT2D eigenvalue weighted by atomic mass is 10.00. The smallest absolute Gasteiger partial charge is 0.255 e. The van der Waals surface area contributed by atoms with Crippen LogP contribution in [0.5, 0.6) is 0 Å². The summed E-state index contributed by atoms with van der Waals surface area (Å²) < 4.78 is 0. The highest BCUT2D eigenvalue weighted by Gasteiger charge is 2.43. The topological polar surface area (TPSA) is 66.6 Å². The molecule has 2 aliphatic rings. The molecular formula is C14H17ClN2O2. The molecule has 1 aromatic carbocycles. The highest BCUT2D eigenvalue weighted by Crippen LogP contribution is 2.38. The summed E-state index contributed by atoms with van der Waals surface area (Å²) in [5.41, 5.74) is 6.76. The van der Waals surface area contributed by atoms with Gasteiger partial charge in [-0.25, -0.2) is 0 Å². The first-order valence-corrected chi connectivity index (χ1v) is 6.96. The zero-order valence-electron chi connectivity index (χ0n) is 10.6. The van der Waals surface area contributed by atoms with E-state index in [0.717, 1.165) is 19.4 Å². The maximum atomic E-state index is 12.4. The molecule has 19 heavy (non-hydrogen) atoms. The number of likely N-dealkylation sites (tertiary alicyclic amines) is 1. The zero-order valence-corrected chi connectivity index (χ0v) is 11.3. The highest BCUT2D eigenvalue weighted by molar-refractivity contribution is 6.31. The van der Waals surface area contributed by atoms with Crippen LogP contribution in [0, 0.1) is 11.8 Å². The molecule has 1 aliphatic carbocycles. The summed E-state index contributed by atoms with van der Waals surface area (Å²) in [5, 5.41) is 10.4. The van der Waals surface area contributed by atoms with Gasteiger partial charge in [0.25, 0.3) is 5.91 Å². The van der Waals surface area contributed by atoms with Gasteiger partial charge in [0.05, 0.1) is 11.7 Å². The van der Waals surface area contributed by atoms with Gasteiger partial charge in [0, 0.05) is 29.7 Å². The summed E-state index contributed by atoms with van der Waals surface area (Å²) in [4.78, 5) is 14.2. The van der Waals surface area contributed by atoms with Gasteiger partial charge < -0.3 is 15.7 Å². The summed E-state index contributed by atoms with van der Waals surface area (Å²) in [6, 6.07) is 4.95. The fourth-order valence-electron chi connectivity index (χ4n) is 3.30. The van der Waals surface area contributed by atoms with Crippen molar-refractivity contribution in [3.63, 3.8) is 0 Å². The number of nitrogen functional groups attached to an aromatic ring is 1. The van der Waals surface area contributed by atoms with Crippen molar-refractivity contribution in [2.45, 2.75) is 18.9 Å². The molecule has 0 bridgehead atoms. The number of nitrogens with zero attached hydrogens (tertiary/aromatic N) is 1. The van der Waals surface area contributed by atoms with Crippen LogP contribution in [0.3, 0.4) is 0 Å². The van der Waals surface area contributed by atoms with Crippen molar-refractivity contribution < 1.29 is 9.90 Å². The number of halogens is 1. The van der Waals surface area contributed by atoms with Crippen molar-refractivity contribution >= 4 is 23.2 Å². The maximum absolute atomic E-state index is 12.4. The first kappa shape index (κ1) is 12.8. The van der Waals surface area contributed by atoms with Crippen LogP contribution in [-0.4, -0.2) is 35.1 Å². The van der Waals surface area contributed by atoms with E-state index in [1.165, 1.54) is 0 Å². The molecule has 1 aliphatic heterocycles. The van der Waals surface area contributed by atoms with Crippen molar-refractivity contribution in [1.29, 1.82) is 0 Å². The molecule has 102 valence electrons. The third-order valence-electron chi connectivity index (χ3n) is 4.35. The lowest BCUT2D eigenvalue weighted by Crippen LogP contribution is -2.31. The number of anilines is 1. The van der Waals surface area contributed by atoms with E-state index in [1.54, 1.807) is 23.1 Å². The maximum Gasteiger partial charge on any atom is 0.255 e. The number of carbonyl (C=O) groups excluding carboxylic acids is 1. The Labute approximate surface area is 117 Å². The van der Waals surface area contributed by atoms with Crippen LogP contribution in [0.4, 0.5) is 5.69 Å². The number of hydrogen-bond donors (Lipinski definition) is 2. The molecule has 1 amide bonds. The standard InChI is InChI=1S/C14H17ClN2O2/c15-9-2-3-10(12(16)5-9)14(19)17-6-8-1-4-13(18)11(8)7-17/h2-3,5,8,11,13,18H,1,4,6-7,16H2. The molecule has 3 atom stereocenters. The summed E-state index contributed by atoms with van der Waals surface area (Å²) in [6.45, 7) is 1.36. The van der Waals surface area contributed by atoms with Crippen LogP contribution in [0.15, 0.2) is 18.2 Å². The van der Waals surface area contributed by atoms with Gasteiger partial charge in [0.2, 0.25) is 0 Å². The van der Waals surface area contributed by atoms with E-state index >= 15 is 0 Å². The Balaban J connectivity index is 1.78. The Kier molecular flexibility index (Phi) is 3.15. The first-order valence-electron chi connectivity index (χ1n) is 6.58. The van der Waals surface area contributed by atoms with Gasteiger partial charge >= 0.3 is 0 Å². The molecule has 4 nitrogen and oxygen atoms in total. The third-order valence-corrected chi connectivity index (χ3v) is 4.59. The van der Waals surface area contributed by atoms with E-state index in [-0.39, 0.29) is 17.9 Å². The van der Waals surface area contributed by atoms with E-state index in [1.807, 2.05) is 0 Å². The third kappa shape index (κ3) is 2.19. The summed E-state index contributed by atoms with van der Waals surface area (Å²) in [5.74, 6) is 0.612. The number of amides is 1. The van der Waals surface area contributed by atoms with Crippen molar-refractivity contribution in [3.05, 3.63) is 28.8 Å². The highest BCUT2D eigenvalue weighted by atomic mass is 35.5. The number of rotatable bonds is 1. The number of hydrogen-bond acceptors (Lipinski definition) is 3. The van der Waals surface area contributed by atoms with Gasteiger partial charge in [-0.3, -0.25) is 4.79 Å². The fraction of sp³-hybridized carbons (Fsp3) is 0.500. The van der Waals surface area contributed by atoms with Crippen LogP contribution in [-0.2, 0) is 0 Å². The number of aliphatic hydroxyl groups is 1. The molecule has 5 heteroatoms.